The lowest BCUT2D eigenvalue weighted by Crippen LogP contribution is -1.90. The summed E-state index contributed by atoms with van der Waals surface area (Å²) in [5, 5.41) is 11.9. The third kappa shape index (κ3) is 4.63. The van der Waals surface area contributed by atoms with Gasteiger partial charge < -0.3 is 0 Å². The maximum Gasteiger partial charge on any atom is 0.269 e. The van der Waals surface area contributed by atoms with E-state index in [1.807, 2.05) is 54.6 Å². The monoisotopic (exact) mass is 507 g/mol. The number of nitro groups is 1. The van der Waals surface area contributed by atoms with Crippen LogP contribution in [0.1, 0.15) is 5.56 Å². The average molecular weight is 508 g/mol. The highest BCUT2D eigenvalue weighted by atomic mass is 79.9. The summed E-state index contributed by atoms with van der Waals surface area (Å²) in [6, 6.07) is 32.7. The zero-order valence-electron chi connectivity index (χ0n) is 17.9. The van der Waals surface area contributed by atoms with E-state index in [0.717, 1.165) is 49.0 Å². The summed E-state index contributed by atoms with van der Waals surface area (Å²) in [6.07, 6.45) is 1.69. The van der Waals surface area contributed by atoms with Gasteiger partial charge in [0.05, 0.1) is 21.8 Å². The lowest BCUT2D eigenvalue weighted by Gasteiger charge is -2.11. The Morgan fingerprint density at radius 2 is 1.56 bits per heavy atom. The lowest BCUT2D eigenvalue weighted by molar-refractivity contribution is -0.384. The van der Waals surface area contributed by atoms with E-state index >= 15 is 0 Å². The van der Waals surface area contributed by atoms with Crippen LogP contribution in [0, 0.1) is 10.1 Å². The van der Waals surface area contributed by atoms with Crippen molar-refractivity contribution in [2.75, 3.05) is 0 Å². The molecular formula is C28H18BrN3O2. The Bertz CT molecular complexity index is 1510. The summed E-state index contributed by atoms with van der Waals surface area (Å²) in [5.74, 6) is 0. The zero-order valence-corrected chi connectivity index (χ0v) is 19.5. The summed E-state index contributed by atoms with van der Waals surface area (Å²) in [4.78, 5) is 19.8. The van der Waals surface area contributed by atoms with Crippen molar-refractivity contribution in [2.24, 2.45) is 4.99 Å². The Morgan fingerprint density at radius 3 is 2.26 bits per heavy atom. The van der Waals surface area contributed by atoms with Crippen LogP contribution in [0.3, 0.4) is 0 Å². The molecule has 0 fully saturated rings. The molecule has 6 heteroatoms. The van der Waals surface area contributed by atoms with Gasteiger partial charge in [-0.25, -0.2) is 4.98 Å². The van der Waals surface area contributed by atoms with E-state index in [-0.39, 0.29) is 5.69 Å². The van der Waals surface area contributed by atoms with Crippen LogP contribution in [0.15, 0.2) is 113 Å². The summed E-state index contributed by atoms with van der Waals surface area (Å²) < 4.78 is 1.02. The lowest BCUT2D eigenvalue weighted by atomic mass is 9.98. The number of hydrogen-bond donors (Lipinski definition) is 0. The Labute approximate surface area is 204 Å². The van der Waals surface area contributed by atoms with Crippen LogP contribution in [-0.4, -0.2) is 16.1 Å². The van der Waals surface area contributed by atoms with Crippen molar-refractivity contribution in [3.05, 3.63) is 123 Å². The molecule has 5 aromatic rings. The van der Waals surface area contributed by atoms with Gasteiger partial charge in [-0.05, 0) is 65.2 Å². The van der Waals surface area contributed by atoms with E-state index in [1.165, 1.54) is 12.1 Å². The van der Waals surface area contributed by atoms with Gasteiger partial charge in [0.1, 0.15) is 0 Å². The third-order valence-corrected chi connectivity index (χ3v) is 5.98. The van der Waals surface area contributed by atoms with Crippen LogP contribution < -0.4 is 0 Å². The van der Waals surface area contributed by atoms with Crippen molar-refractivity contribution >= 4 is 44.4 Å². The molecule has 0 aliphatic heterocycles. The number of hydrogen-bond acceptors (Lipinski definition) is 4. The molecule has 164 valence electrons. The highest BCUT2D eigenvalue weighted by molar-refractivity contribution is 9.10. The van der Waals surface area contributed by atoms with Gasteiger partial charge in [-0.2, -0.15) is 0 Å². The Balaban J connectivity index is 1.47. The van der Waals surface area contributed by atoms with Crippen LogP contribution in [0.5, 0.6) is 0 Å². The predicted molar refractivity (Wildman–Crippen MR) is 141 cm³/mol. The van der Waals surface area contributed by atoms with Gasteiger partial charge in [-0.1, -0.05) is 58.4 Å². The molecule has 0 N–H and O–H groups in total. The Hall–Kier alpha value is -4.16. The molecule has 0 bridgehead atoms. The van der Waals surface area contributed by atoms with Crippen molar-refractivity contribution in [1.29, 1.82) is 0 Å². The first-order valence-corrected chi connectivity index (χ1v) is 11.4. The molecule has 0 aliphatic rings. The summed E-state index contributed by atoms with van der Waals surface area (Å²) in [7, 11) is 0. The fourth-order valence-corrected chi connectivity index (χ4v) is 4.11. The Morgan fingerprint density at radius 1 is 0.824 bits per heavy atom. The zero-order chi connectivity index (χ0) is 23.5. The molecule has 1 heterocycles. The van der Waals surface area contributed by atoms with E-state index in [4.69, 9.17) is 4.98 Å². The van der Waals surface area contributed by atoms with Crippen LogP contribution in [-0.2, 0) is 0 Å². The predicted octanol–water partition coefficient (Wildman–Crippen LogP) is 7.99. The van der Waals surface area contributed by atoms with Gasteiger partial charge in [0.25, 0.3) is 5.69 Å². The van der Waals surface area contributed by atoms with Crippen LogP contribution in [0.25, 0.3) is 33.3 Å². The summed E-state index contributed by atoms with van der Waals surface area (Å²) in [6.45, 7) is 0. The normalized spacial score (nSPS) is 11.2. The van der Waals surface area contributed by atoms with Crippen molar-refractivity contribution in [2.45, 2.75) is 0 Å². The van der Waals surface area contributed by atoms with Crippen molar-refractivity contribution in [1.82, 2.24) is 4.98 Å². The second kappa shape index (κ2) is 9.37. The fourth-order valence-electron chi connectivity index (χ4n) is 3.75. The molecule has 1 aromatic heterocycles. The molecule has 0 aliphatic carbocycles. The molecule has 5 nitrogen and oxygen atoms in total. The molecule has 34 heavy (non-hydrogen) atoms. The minimum atomic E-state index is -0.414. The number of pyridine rings is 1. The molecule has 0 saturated carbocycles. The van der Waals surface area contributed by atoms with E-state index in [0.29, 0.717) is 0 Å². The number of fused-ring (bicyclic) bond motifs is 1. The second-order valence-electron chi connectivity index (χ2n) is 7.74. The minimum absolute atomic E-state index is 0.0617. The first-order valence-electron chi connectivity index (χ1n) is 10.6. The molecule has 5 rings (SSSR count). The maximum absolute atomic E-state index is 10.8. The van der Waals surface area contributed by atoms with E-state index in [2.05, 4.69) is 45.2 Å². The first kappa shape index (κ1) is 21.7. The second-order valence-corrected chi connectivity index (χ2v) is 8.65. The number of non-ortho nitro benzene ring substituents is 1. The molecular weight excluding hydrogens is 490 g/mol. The number of aromatic nitrogens is 1. The highest BCUT2D eigenvalue weighted by Gasteiger charge is 2.10. The quantitative estimate of drug-likeness (QED) is 0.137. The van der Waals surface area contributed by atoms with Gasteiger partial charge in [0, 0.05) is 33.8 Å². The standard InChI is InChI=1S/C28H18BrN3O2/c29-22-10-15-27-26(16-22)25(20-4-2-1-3-5-20)17-28(31-27)21-8-11-23(12-9-21)30-18-19-6-13-24(14-7-19)32(33)34/h1-18H. The summed E-state index contributed by atoms with van der Waals surface area (Å²) >= 11 is 3.58. The van der Waals surface area contributed by atoms with Gasteiger partial charge >= 0.3 is 0 Å². The first-order chi connectivity index (χ1) is 16.6. The van der Waals surface area contributed by atoms with E-state index in [9.17, 15) is 10.1 Å². The number of nitro benzene ring substituents is 1. The minimum Gasteiger partial charge on any atom is -0.258 e. The molecule has 0 radical (unpaired) electrons. The van der Waals surface area contributed by atoms with E-state index < -0.39 is 4.92 Å². The SMILES string of the molecule is O=[N+]([O-])c1ccc(C=Nc2ccc(-c3cc(-c4ccccc4)c4cc(Br)ccc4n3)cc2)cc1. The largest absolute Gasteiger partial charge is 0.269 e. The number of rotatable bonds is 5. The van der Waals surface area contributed by atoms with Crippen LogP contribution in [0.2, 0.25) is 0 Å². The molecule has 4 aromatic carbocycles. The topological polar surface area (TPSA) is 68.4 Å². The van der Waals surface area contributed by atoms with Gasteiger partial charge in [-0.15, -0.1) is 0 Å². The number of nitrogens with zero attached hydrogens (tertiary/aromatic N) is 3. The smallest absolute Gasteiger partial charge is 0.258 e. The van der Waals surface area contributed by atoms with Crippen molar-refractivity contribution in [3.8, 4) is 22.4 Å². The Kier molecular flexibility index (Phi) is 5.97. The van der Waals surface area contributed by atoms with Crippen LogP contribution in [0.4, 0.5) is 11.4 Å². The average Bonchev–Trinajstić information content (AvgIpc) is 2.88. The van der Waals surface area contributed by atoms with Crippen LogP contribution >= 0.6 is 15.9 Å². The number of halogens is 1. The number of benzene rings is 4. The van der Waals surface area contributed by atoms with Gasteiger partial charge in [0.15, 0.2) is 0 Å². The van der Waals surface area contributed by atoms with Gasteiger partial charge in [-0.3, -0.25) is 15.1 Å². The molecule has 0 spiro atoms. The van der Waals surface area contributed by atoms with E-state index in [1.54, 1.807) is 18.3 Å². The third-order valence-electron chi connectivity index (χ3n) is 5.49. The highest BCUT2D eigenvalue weighted by Crippen LogP contribution is 2.34. The number of aliphatic imine (C=N–C) groups is 1. The molecule has 0 amide bonds. The molecule has 0 saturated heterocycles. The molecule has 0 unspecified atom stereocenters. The van der Waals surface area contributed by atoms with Gasteiger partial charge in [0.2, 0.25) is 0 Å². The van der Waals surface area contributed by atoms with Crippen molar-refractivity contribution < 1.29 is 4.92 Å². The maximum atomic E-state index is 10.8. The van der Waals surface area contributed by atoms with Crippen molar-refractivity contribution in [3.63, 3.8) is 0 Å². The molecule has 0 atom stereocenters. The summed E-state index contributed by atoms with van der Waals surface area (Å²) in [5.41, 5.74) is 6.72. The fraction of sp³-hybridized carbons (Fsp3) is 0.